The standard InChI is InChI=1S/C11H28N4.C8H22N4.3C2H6.3CH4/c1-12(2)7-9-15(11-14(5)6)10-8-13(3)4;1-9-4-6-12(8-11-3)7-5-10-2;3*1-2;;;/h7-11H2,1-6H3;9-11H,4-8H2,1-3H3;3*1-2H3;3*1H4. The smallest absolute Gasteiger partial charge is 0.0501 e. The maximum absolute atomic E-state index is 3.16. The Morgan fingerprint density at radius 1 is 0.417 bits per heavy atom. The molecule has 0 amide bonds. The molecule has 0 fully saturated rings. The summed E-state index contributed by atoms with van der Waals surface area (Å²) in [4.78, 5) is 11.6. The van der Waals surface area contributed by atoms with Crippen molar-refractivity contribution >= 4 is 0 Å². The summed E-state index contributed by atoms with van der Waals surface area (Å²) in [6.45, 7) is 22.8. The van der Waals surface area contributed by atoms with E-state index in [0.29, 0.717) is 0 Å². The zero-order chi connectivity index (χ0) is 27.1. The van der Waals surface area contributed by atoms with E-state index in [2.05, 4.69) is 82.7 Å². The van der Waals surface area contributed by atoms with Gasteiger partial charge in [0.05, 0.1) is 6.67 Å². The van der Waals surface area contributed by atoms with Crippen molar-refractivity contribution < 1.29 is 0 Å². The fourth-order valence-electron chi connectivity index (χ4n) is 2.37. The predicted octanol–water partition coefficient (Wildman–Crippen LogP) is 3.82. The number of nitrogens with zero attached hydrogens (tertiary/aromatic N) is 5. The molecule has 0 aromatic rings. The van der Waals surface area contributed by atoms with Crippen molar-refractivity contribution in [2.75, 3.05) is 129 Å². The van der Waals surface area contributed by atoms with Crippen molar-refractivity contribution in [3.63, 3.8) is 0 Å². The quantitative estimate of drug-likeness (QED) is 0.261. The van der Waals surface area contributed by atoms with Gasteiger partial charge in [-0.3, -0.25) is 14.7 Å². The minimum atomic E-state index is 0. The lowest BCUT2D eigenvalue weighted by Crippen LogP contribution is -2.41. The van der Waals surface area contributed by atoms with Gasteiger partial charge in [0, 0.05) is 59.0 Å². The number of nitrogens with one attached hydrogen (secondary N) is 3. The number of likely N-dealkylation sites (N-methyl/N-ethyl adjacent to an activating group) is 4. The molecule has 0 rings (SSSR count). The highest BCUT2D eigenvalue weighted by Gasteiger charge is 2.06. The van der Waals surface area contributed by atoms with Crippen molar-refractivity contribution in [2.45, 2.75) is 63.8 Å². The third-order valence-corrected chi connectivity index (χ3v) is 3.95. The number of hydrogen-bond acceptors (Lipinski definition) is 8. The van der Waals surface area contributed by atoms with Gasteiger partial charge in [0.1, 0.15) is 0 Å². The van der Waals surface area contributed by atoms with Crippen LogP contribution in [0, 0.1) is 0 Å². The van der Waals surface area contributed by atoms with Crippen LogP contribution in [0.4, 0.5) is 0 Å². The second-order valence-electron chi connectivity index (χ2n) is 7.78. The summed E-state index contributed by atoms with van der Waals surface area (Å²) in [6.07, 6.45) is 0. The summed E-state index contributed by atoms with van der Waals surface area (Å²) < 4.78 is 0. The van der Waals surface area contributed by atoms with Crippen molar-refractivity contribution in [3.05, 3.63) is 0 Å². The fourth-order valence-corrected chi connectivity index (χ4v) is 2.37. The molecule has 0 spiro atoms. The maximum Gasteiger partial charge on any atom is 0.0501 e. The summed E-state index contributed by atoms with van der Waals surface area (Å²) in [6, 6.07) is 0. The molecule has 36 heavy (non-hydrogen) atoms. The topological polar surface area (TPSA) is 52.3 Å². The van der Waals surface area contributed by atoms with Crippen LogP contribution in [0.1, 0.15) is 63.8 Å². The molecule has 8 heteroatoms. The highest BCUT2D eigenvalue weighted by atomic mass is 15.3. The van der Waals surface area contributed by atoms with E-state index in [1.54, 1.807) is 0 Å². The van der Waals surface area contributed by atoms with Crippen LogP contribution in [0.2, 0.25) is 0 Å². The Kier molecular flexibility index (Phi) is 79.9. The zero-order valence-electron chi connectivity index (χ0n) is 25.8. The van der Waals surface area contributed by atoms with Crippen molar-refractivity contribution in [1.82, 2.24) is 40.4 Å². The highest BCUT2D eigenvalue weighted by Crippen LogP contribution is 1.92. The van der Waals surface area contributed by atoms with E-state index in [4.69, 9.17) is 0 Å². The van der Waals surface area contributed by atoms with Gasteiger partial charge in [-0.05, 0) is 63.4 Å². The van der Waals surface area contributed by atoms with Gasteiger partial charge < -0.3 is 25.8 Å². The van der Waals surface area contributed by atoms with E-state index in [1.165, 1.54) is 0 Å². The van der Waals surface area contributed by atoms with E-state index in [-0.39, 0.29) is 22.3 Å². The van der Waals surface area contributed by atoms with Gasteiger partial charge in [-0.1, -0.05) is 63.8 Å². The second-order valence-corrected chi connectivity index (χ2v) is 7.78. The SMILES string of the molecule is C.C.C.CC.CC.CC.CN(C)CCN(CCN(C)C)CN(C)C.CNCCN(CCNC)CNC. The lowest BCUT2D eigenvalue weighted by atomic mass is 10.4. The molecule has 0 aliphatic carbocycles. The summed E-state index contributed by atoms with van der Waals surface area (Å²) in [5.41, 5.74) is 0. The van der Waals surface area contributed by atoms with Gasteiger partial charge in [0.15, 0.2) is 0 Å². The molecule has 0 aliphatic heterocycles. The zero-order valence-corrected chi connectivity index (χ0v) is 25.8. The number of hydrogen-bond donors (Lipinski definition) is 3. The van der Waals surface area contributed by atoms with Crippen molar-refractivity contribution in [3.8, 4) is 0 Å². The van der Waals surface area contributed by atoms with Crippen LogP contribution in [-0.2, 0) is 0 Å². The molecule has 0 aromatic carbocycles. The lowest BCUT2D eigenvalue weighted by Gasteiger charge is -2.28. The van der Waals surface area contributed by atoms with Crippen molar-refractivity contribution in [2.24, 2.45) is 0 Å². The fraction of sp³-hybridized carbons (Fsp3) is 1.00. The maximum atomic E-state index is 3.16. The molecule has 0 saturated heterocycles. The normalized spacial score (nSPS) is 9.33. The minimum absolute atomic E-state index is 0. The molecule has 0 radical (unpaired) electrons. The molecule has 0 aliphatic rings. The van der Waals surface area contributed by atoms with Crippen LogP contribution < -0.4 is 16.0 Å². The molecule has 3 N–H and O–H groups in total. The first-order valence-electron chi connectivity index (χ1n) is 13.1. The molecule has 0 atom stereocenters. The van der Waals surface area contributed by atoms with Crippen LogP contribution in [0.25, 0.3) is 0 Å². The van der Waals surface area contributed by atoms with Crippen molar-refractivity contribution in [1.29, 1.82) is 0 Å². The molecule has 0 heterocycles. The molecule has 0 bridgehead atoms. The Morgan fingerprint density at radius 2 is 0.750 bits per heavy atom. The average molecular weight is 529 g/mol. The van der Waals surface area contributed by atoms with Gasteiger partial charge in [-0.25, -0.2) is 0 Å². The van der Waals surface area contributed by atoms with Crippen LogP contribution in [0.5, 0.6) is 0 Å². The Morgan fingerprint density at radius 3 is 0.972 bits per heavy atom. The van der Waals surface area contributed by atoms with Crippen LogP contribution in [0.15, 0.2) is 0 Å². The predicted molar refractivity (Wildman–Crippen MR) is 175 cm³/mol. The van der Waals surface area contributed by atoms with Gasteiger partial charge in [0.25, 0.3) is 0 Å². The number of rotatable bonds is 16. The minimum Gasteiger partial charge on any atom is -0.318 e. The first kappa shape index (κ1) is 56.0. The average Bonchev–Trinajstić information content (AvgIpc) is 2.81. The van der Waals surface area contributed by atoms with E-state index < -0.39 is 0 Å². The Hall–Kier alpha value is -0.320. The highest BCUT2D eigenvalue weighted by molar-refractivity contribution is 4.60. The molecule has 232 valence electrons. The second kappa shape index (κ2) is 51.3. The Balaban J connectivity index is -0.0000000566. The third-order valence-electron chi connectivity index (χ3n) is 3.95. The monoisotopic (exact) mass is 529 g/mol. The van der Waals surface area contributed by atoms with E-state index >= 15 is 0 Å². The summed E-state index contributed by atoms with van der Waals surface area (Å²) in [5, 5.41) is 9.44. The molecule has 8 nitrogen and oxygen atoms in total. The summed E-state index contributed by atoms with van der Waals surface area (Å²) in [7, 11) is 18.7. The largest absolute Gasteiger partial charge is 0.318 e. The van der Waals surface area contributed by atoms with Gasteiger partial charge in [0.2, 0.25) is 0 Å². The van der Waals surface area contributed by atoms with E-state index in [1.807, 2.05) is 62.7 Å². The van der Waals surface area contributed by atoms with Gasteiger partial charge in [-0.15, -0.1) is 0 Å². The Labute approximate surface area is 233 Å². The first-order valence-corrected chi connectivity index (χ1v) is 13.1. The molecule has 0 unspecified atom stereocenters. The van der Waals surface area contributed by atoms with Crippen LogP contribution >= 0.6 is 0 Å². The molecular weight excluding hydrogens is 448 g/mol. The van der Waals surface area contributed by atoms with Crippen LogP contribution in [-0.4, -0.2) is 154 Å². The van der Waals surface area contributed by atoms with Gasteiger partial charge >= 0.3 is 0 Å². The Bertz CT molecular complexity index is 271. The van der Waals surface area contributed by atoms with Crippen LogP contribution in [0.3, 0.4) is 0 Å². The summed E-state index contributed by atoms with van der Waals surface area (Å²) in [5.74, 6) is 0. The first-order chi connectivity index (χ1) is 15.8. The molecule has 0 aromatic heterocycles. The van der Waals surface area contributed by atoms with E-state index in [0.717, 1.165) is 65.7 Å². The molecular formula is C28H80N8. The third kappa shape index (κ3) is 59.1. The lowest BCUT2D eigenvalue weighted by molar-refractivity contribution is 0.151. The van der Waals surface area contributed by atoms with Gasteiger partial charge in [-0.2, -0.15) is 0 Å². The summed E-state index contributed by atoms with van der Waals surface area (Å²) >= 11 is 0. The van der Waals surface area contributed by atoms with E-state index in [9.17, 15) is 0 Å². The molecule has 0 saturated carbocycles.